The molecule has 22 heavy (non-hydrogen) atoms. The average Bonchev–Trinajstić information content (AvgIpc) is 2.92. The quantitative estimate of drug-likeness (QED) is 0.812. The minimum Gasteiger partial charge on any atom is -0.475 e. The van der Waals surface area contributed by atoms with Gasteiger partial charge in [-0.1, -0.05) is 0 Å². The zero-order chi connectivity index (χ0) is 16.5. The summed E-state index contributed by atoms with van der Waals surface area (Å²) in [6.07, 6.45) is 1.76. The lowest BCUT2D eigenvalue weighted by molar-refractivity contribution is 0.00578. The fraction of sp³-hybridized carbons (Fsp3) is 0.533. The largest absolute Gasteiger partial charge is 0.492 e. The van der Waals surface area contributed by atoms with Crippen LogP contribution in [0.2, 0.25) is 0 Å². The van der Waals surface area contributed by atoms with Gasteiger partial charge in [0.25, 0.3) is 0 Å². The monoisotopic (exact) mass is 307 g/mol. The number of carboxylic acids is 1. The summed E-state index contributed by atoms with van der Waals surface area (Å²) < 4.78 is 17.3. The van der Waals surface area contributed by atoms with Crippen molar-refractivity contribution in [2.24, 2.45) is 0 Å². The molecular formula is C15H22BNO5. The molecule has 0 radical (unpaired) electrons. The van der Waals surface area contributed by atoms with Crippen LogP contribution in [0.3, 0.4) is 0 Å². The zero-order valence-corrected chi connectivity index (χ0v) is 13.6. The second kappa shape index (κ2) is 5.91. The highest BCUT2D eigenvalue weighted by molar-refractivity contribution is 6.55. The predicted octanol–water partition coefficient (Wildman–Crippen LogP) is 2.21. The number of carbonyl (C=O) groups is 1. The van der Waals surface area contributed by atoms with Gasteiger partial charge in [0.1, 0.15) is 5.76 Å². The van der Waals surface area contributed by atoms with Gasteiger partial charge in [-0.3, -0.25) is 0 Å². The second-order valence-electron chi connectivity index (χ2n) is 6.35. The summed E-state index contributed by atoms with van der Waals surface area (Å²) in [6.45, 7) is 8.48. The van der Waals surface area contributed by atoms with E-state index in [9.17, 15) is 4.79 Å². The van der Waals surface area contributed by atoms with Crippen LogP contribution in [0.15, 0.2) is 22.0 Å². The Morgan fingerprint density at radius 1 is 1.27 bits per heavy atom. The lowest BCUT2D eigenvalue weighted by atomic mass is 9.77. The summed E-state index contributed by atoms with van der Waals surface area (Å²) >= 11 is 0. The SMILES string of the molecule is CNCC(=Cc1ccc(C(=O)O)o1)B1OC(C)(C)C(C)(C)O1. The van der Waals surface area contributed by atoms with E-state index in [1.807, 2.05) is 34.7 Å². The van der Waals surface area contributed by atoms with E-state index >= 15 is 0 Å². The number of likely N-dealkylation sites (N-methyl/N-ethyl adjacent to an activating group) is 1. The van der Waals surface area contributed by atoms with E-state index < -0.39 is 24.3 Å². The minimum atomic E-state index is -1.09. The topological polar surface area (TPSA) is 80.9 Å². The van der Waals surface area contributed by atoms with E-state index in [1.165, 1.54) is 6.07 Å². The lowest BCUT2D eigenvalue weighted by Crippen LogP contribution is -2.41. The van der Waals surface area contributed by atoms with Gasteiger partial charge in [0.15, 0.2) is 0 Å². The van der Waals surface area contributed by atoms with Gasteiger partial charge in [-0.05, 0) is 58.4 Å². The smallest absolute Gasteiger partial charge is 0.475 e. The third kappa shape index (κ3) is 3.26. The van der Waals surface area contributed by atoms with E-state index in [2.05, 4.69) is 5.32 Å². The Bertz CT molecular complexity index is 575. The first-order valence-corrected chi connectivity index (χ1v) is 7.20. The molecule has 0 spiro atoms. The summed E-state index contributed by atoms with van der Waals surface area (Å²) in [6, 6.07) is 3.04. The molecule has 0 bridgehead atoms. The summed E-state index contributed by atoms with van der Waals surface area (Å²) in [5, 5.41) is 12.0. The number of hydrogen-bond acceptors (Lipinski definition) is 5. The minimum absolute atomic E-state index is 0.0935. The number of aromatic carboxylic acids is 1. The predicted molar refractivity (Wildman–Crippen MR) is 83.7 cm³/mol. The third-order valence-corrected chi connectivity index (χ3v) is 4.10. The maximum Gasteiger partial charge on any atom is 0.492 e. The van der Waals surface area contributed by atoms with Gasteiger partial charge in [0.2, 0.25) is 5.76 Å². The van der Waals surface area contributed by atoms with Gasteiger partial charge in [-0.15, -0.1) is 0 Å². The molecule has 0 saturated carbocycles. The van der Waals surface area contributed by atoms with Crippen molar-refractivity contribution in [1.82, 2.24) is 5.32 Å². The number of carboxylic acid groups (broad SMARTS) is 1. The molecule has 2 N–H and O–H groups in total. The Morgan fingerprint density at radius 2 is 1.86 bits per heavy atom. The molecule has 0 aliphatic carbocycles. The van der Waals surface area contributed by atoms with Gasteiger partial charge in [0, 0.05) is 6.54 Å². The van der Waals surface area contributed by atoms with Crippen LogP contribution in [0, 0.1) is 0 Å². The van der Waals surface area contributed by atoms with Gasteiger partial charge in [0.05, 0.1) is 11.2 Å². The first-order chi connectivity index (χ1) is 10.2. The fourth-order valence-corrected chi connectivity index (χ4v) is 2.13. The third-order valence-electron chi connectivity index (χ3n) is 4.10. The first kappa shape index (κ1) is 16.8. The number of furan rings is 1. The Kier molecular flexibility index (Phi) is 4.51. The van der Waals surface area contributed by atoms with Crippen molar-refractivity contribution < 1.29 is 23.6 Å². The van der Waals surface area contributed by atoms with Gasteiger partial charge >= 0.3 is 13.1 Å². The molecule has 0 aromatic carbocycles. The summed E-state index contributed by atoms with van der Waals surface area (Å²) in [7, 11) is 1.32. The van der Waals surface area contributed by atoms with Crippen LogP contribution in [0.4, 0.5) is 0 Å². The summed E-state index contributed by atoms with van der Waals surface area (Å²) in [5.41, 5.74) is -0.0211. The Balaban J connectivity index is 2.26. The molecule has 1 aromatic heterocycles. The molecule has 1 saturated heterocycles. The molecule has 1 aliphatic rings. The number of nitrogens with one attached hydrogen (secondary N) is 1. The maximum atomic E-state index is 10.9. The number of hydrogen-bond donors (Lipinski definition) is 2. The van der Waals surface area contributed by atoms with Crippen molar-refractivity contribution in [2.45, 2.75) is 38.9 Å². The van der Waals surface area contributed by atoms with Crippen LogP contribution in [0.1, 0.15) is 44.0 Å². The van der Waals surface area contributed by atoms with Crippen molar-refractivity contribution in [2.75, 3.05) is 13.6 Å². The average molecular weight is 307 g/mol. The van der Waals surface area contributed by atoms with Crippen molar-refractivity contribution in [3.05, 3.63) is 29.1 Å². The van der Waals surface area contributed by atoms with Crippen LogP contribution in [0.5, 0.6) is 0 Å². The molecule has 2 heterocycles. The maximum absolute atomic E-state index is 10.9. The van der Waals surface area contributed by atoms with Crippen LogP contribution in [0.25, 0.3) is 6.08 Å². The van der Waals surface area contributed by atoms with E-state index in [0.29, 0.717) is 12.3 Å². The van der Waals surface area contributed by atoms with Crippen LogP contribution >= 0.6 is 0 Å². The first-order valence-electron chi connectivity index (χ1n) is 7.20. The normalized spacial score (nSPS) is 20.4. The van der Waals surface area contributed by atoms with Gasteiger partial charge < -0.3 is 24.1 Å². The van der Waals surface area contributed by atoms with Crippen molar-refractivity contribution in [3.8, 4) is 0 Å². The molecule has 0 unspecified atom stereocenters. The fourth-order valence-electron chi connectivity index (χ4n) is 2.13. The van der Waals surface area contributed by atoms with E-state index in [-0.39, 0.29) is 5.76 Å². The van der Waals surface area contributed by atoms with Crippen LogP contribution in [-0.4, -0.2) is 43.0 Å². The highest BCUT2D eigenvalue weighted by atomic mass is 16.7. The summed E-state index contributed by atoms with van der Waals surface area (Å²) in [5.74, 6) is -0.730. The standard InChI is InChI=1S/C15H22BNO5/c1-14(2)15(3,4)22-16(21-14)10(9-17-5)8-11-6-7-12(20-11)13(18)19/h6-8,17H,9H2,1-5H3,(H,18,19). The van der Waals surface area contributed by atoms with Gasteiger partial charge in [-0.25, -0.2) is 4.79 Å². The number of rotatable bonds is 5. The lowest BCUT2D eigenvalue weighted by Gasteiger charge is -2.32. The molecule has 6 nitrogen and oxygen atoms in total. The van der Waals surface area contributed by atoms with Gasteiger partial charge in [-0.2, -0.15) is 0 Å². The van der Waals surface area contributed by atoms with E-state index in [0.717, 1.165) is 5.47 Å². The highest BCUT2D eigenvalue weighted by Gasteiger charge is 2.52. The zero-order valence-electron chi connectivity index (χ0n) is 13.6. The second-order valence-corrected chi connectivity index (χ2v) is 6.35. The summed E-state index contributed by atoms with van der Waals surface area (Å²) in [4.78, 5) is 10.9. The van der Waals surface area contributed by atoms with Crippen molar-refractivity contribution in [3.63, 3.8) is 0 Å². The molecule has 0 atom stereocenters. The van der Waals surface area contributed by atoms with E-state index in [4.69, 9.17) is 18.8 Å². The Morgan fingerprint density at radius 3 is 2.32 bits per heavy atom. The molecule has 0 amide bonds. The van der Waals surface area contributed by atoms with Crippen molar-refractivity contribution in [1.29, 1.82) is 0 Å². The van der Waals surface area contributed by atoms with E-state index in [1.54, 1.807) is 12.1 Å². The Labute approximate surface area is 130 Å². The Hall–Kier alpha value is -1.57. The highest BCUT2D eigenvalue weighted by Crippen LogP contribution is 2.38. The molecule has 1 fully saturated rings. The van der Waals surface area contributed by atoms with Crippen LogP contribution in [-0.2, 0) is 9.31 Å². The van der Waals surface area contributed by atoms with Crippen LogP contribution < -0.4 is 5.32 Å². The molecular weight excluding hydrogens is 285 g/mol. The molecule has 1 aliphatic heterocycles. The molecule has 2 rings (SSSR count). The van der Waals surface area contributed by atoms with Crippen molar-refractivity contribution >= 4 is 19.2 Å². The molecule has 1 aromatic rings. The molecule has 120 valence electrons. The molecule has 7 heteroatoms.